The Kier molecular flexibility index (Phi) is 8.68. The van der Waals surface area contributed by atoms with Gasteiger partial charge in [-0.15, -0.1) is 0 Å². The molecule has 3 aliphatic rings. The molecule has 0 saturated heterocycles. The number of ether oxygens (including phenoxy) is 2. The fourth-order valence-electron chi connectivity index (χ4n) is 6.95. The van der Waals surface area contributed by atoms with Gasteiger partial charge in [0.05, 0.1) is 13.2 Å². The molecule has 0 N–H and O–H groups in total. The summed E-state index contributed by atoms with van der Waals surface area (Å²) in [7, 11) is 0. The first-order chi connectivity index (χ1) is 20.0. The van der Waals surface area contributed by atoms with Gasteiger partial charge in [0.25, 0.3) is 0 Å². The van der Waals surface area contributed by atoms with Crippen LogP contribution in [0.1, 0.15) is 97.1 Å². The Balaban J connectivity index is 1.66. The smallest absolute Gasteiger partial charge is 0.162 e. The average molecular weight is 570 g/mol. The molecule has 0 saturated carbocycles. The summed E-state index contributed by atoms with van der Waals surface area (Å²) < 4.78 is 12.1. The third-order valence-corrected chi connectivity index (χ3v) is 8.85. The van der Waals surface area contributed by atoms with Crippen LogP contribution in [0, 0.1) is 10.8 Å². The Morgan fingerprint density at radius 2 is 1.40 bits per heavy atom. The van der Waals surface area contributed by atoms with Crippen molar-refractivity contribution in [3.63, 3.8) is 0 Å². The molecule has 1 heterocycles. The Hall–Kier alpha value is -3.34. The fraction of sp³-hybridized carbons (Fsp3) is 0.514. The lowest BCUT2D eigenvalue weighted by Crippen LogP contribution is -2.45. The van der Waals surface area contributed by atoms with Crippen LogP contribution in [0.3, 0.4) is 0 Å². The topological polar surface area (TPSA) is 55.8 Å². The zero-order chi connectivity index (χ0) is 30.1. The average Bonchev–Trinajstić information content (AvgIpc) is 2.92. The molecule has 0 bridgehead atoms. The number of ketones is 2. The van der Waals surface area contributed by atoms with Gasteiger partial charge in [0.1, 0.15) is 0 Å². The quantitative estimate of drug-likeness (QED) is 0.270. The SMILES string of the molecule is CCCCOc1ccc(C2C3=C(CC(C)(C)CC3=O)N(CCc3ccccc3)C3=C2C(=O)CC(C)(C)C3)cc1OCC. The van der Waals surface area contributed by atoms with E-state index >= 15 is 0 Å². The summed E-state index contributed by atoms with van der Waals surface area (Å²) in [4.78, 5) is 30.6. The molecule has 1 aliphatic heterocycles. The molecule has 0 atom stereocenters. The molecule has 5 rings (SSSR count). The monoisotopic (exact) mass is 569 g/mol. The molecule has 0 amide bonds. The van der Waals surface area contributed by atoms with Gasteiger partial charge in [-0.2, -0.15) is 0 Å². The van der Waals surface area contributed by atoms with Gasteiger partial charge in [0, 0.05) is 47.8 Å². The van der Waals surface area contributed by atoms with Crippen LogP contribution in [0.5, 0.6) is 11.5 Å². The Bertz CT molecular complexity index is 1340. The Labute approximate surface area is 252 Å². The van der Waals surface area contributed by atoms with Crippen molar-refractivity contribution < 1.29 is 19.1 Å². The van der Waals surface area contributed by atoms with Crippen LogP contribution in [0.25, 0.3) is 0 Å². The third-order valence-electron chi connectivity index (χ3n) is 8.85. The molecule has 0 spiro atoms. The second kappa shape index (κ2) is 12.1. The summed E-state index contributed by atoms with van der Waals surface area (Å²) in [5.74, 6) is 1.31. The van der Waals surface area contributed by atoms with E-state index in [1.54, 1.807) is 0 Å². The largest absolute Gasteiger partial charge is 0.490 e. The van der Waals surface area contributed by atoms with E-state index < -0.39 is 0 Å². The van der Waals surface area contributed by atoms with Crippen LogP contribution in [-0.2, 0) is 16.0 Å². The minimum absolute atomic E-state index is 0.148. The zero-order valence-electron chi connectivity index (χ0n) is 26.3. The van der Waals surface area contributed by atoms with Crippen LogP contribution >= 0.6 is 0 Å². The highest BCUT2D eigenvalue weighted by Gasteiger charge is 2.49. The van der Waals surface area contributed by atoms with Gasteiger partial charge in [0.2, 0.25) is 0 Å². The lowest BCUT2D eigenvalue weighted by atomic mass is 9.63. The summed E-state index contributed by atoms with van der Waals surface area (Å²) in [5, 5.41) is 0. The molecular weight excluding hydrogens is 522 g/mol. The molecule has 5 nitrogen and oxygen atoms in total. The minimum Gasteiger partial charge on any atom is -0.490 e. The van der Waals surface area contributed by atoms with Crippen molar-refractivity contribution in [2.24, 2.45) is 10.8 Å². The van der Waals surface area contributed by atoms with E-state index in [0.717, 1.165) is 66.8 Å². The van der Waals surface area contributed by atoms with E-state index in [0.29, 0.717) is 37.6 Å². The van der Waals surface area contributed by atoms with E-state index in [9.17, 15) is 9.59 Å². The lowest BCUT2D eigenvalue weighted by Gasteiger charge is -2.49. The number of carbonyl (C=O) groups excluding carboxylic acids is 2. The molecule has 2 aliphatic carbocycles. The first kappa shape index (κ1) is 30.1. The number of Topliss-reactive ketones (excluding diaryl/α,β-unsaturated/α-hetero) is 2. The molecule has 0 aromatic heterocycles. The van der Waals surface area contributed by atoms with E-state index in [-0.39, 0.29) is 28.3 Å². The molecule has 5 heteroatoms. The van der Waals surface area contributed by atoms with Crippen LogP contribution in [0.4, 0.5) is 0 Å². The molecule has 2 aromatic carbocycles. The van der Waals surface area contributed by atoms with E-state index in [1.807, 2.05) is 31.2 Å². The molecule has 42 heavy (non-hydrogen) atoms. The predicted molar refractivity (Wildman–Crippen MR) is 168 cm³/mol. The first-order valence-electron chi connectivity index (χ1n) is 15.8. The first-order valence-corrected chi connectivity index (χ1v) is 15.8. The van der Waals surface area contributed by atoms with Gasteiger partial charge in [-0.05, 0) is 66.7 Å². The molecule has 0 unspecified atom stereocenters. The van der Waals surface area contributed by atoms with Crippen molar-refractivity contribution in [3.8, 4) is 11.5 Å². The normalized spacial score (nSPS) is 20.0. The summed E-state index contributed by atoms with van der Waals surface area (Å²) in [6.07, 6.45) is 5.44. The molecule has 0 radical (unpaired) electrons. The number of hydrogen-bond donors (Lipinski definition) is 0. The van der Waals surface area contributed by atoms with Gasteiger partial charge >= 0.3 is 0 Å². The van der Waals surface area contributed by atoms with Crippen LogP contribution in [0.2, 0.25) is 0 Å². The van der Waals surface area contributed by atoms with Crippen molar-refractivity contribution in [1.82, 2.24) is 4.90 Å². The number of nitrogens with zero attached hydrogens (tertiary/aromatic N) is 1. The maximum Gasteiger partial charge on any atom is 0.162 e. The van der Waals surface area contributed by atoms with Crippen LogP contribution in [-0.4, -0.2) is 36.2 Å². The van der Waals surface area contributed by atoms with Crippen molar-refractivity contribution in [1.29, 1.82) is 0 Å². The second-order valence-electron chi connectivity index (χ2n) is 13.8. The zero-order valence-corrected chi connectivity index (χ0v) is 26.3. The minimum atomic E-state index is -0.390. The molecule has 0 fully saturated rings. The van der Waals surface area contributed by atoms with Crippen LogP contribution in [0.15, 0.2) is 71.1 Å². The summed E-state index contributed by atoms with van der Waals surface area (Å²) in [6, 6.07) is 16.5. The Morgan fingerprint density at radius 3 is 1.98 bits per heavy atom. The summed E-state index contributed by atoms with van der Waals surface area (Å²) >= 11 is 0. The number of hydrogen-bond acceptors (Lipinski definition) is 5. The number of allylic oxidation sites excluding steroid dienone is 4. The van der Waals surface area contributed by atoms with Gasteiger partial charge < -0.3 is 14.4 Å². The molecule has 224 valence electrons. The number of unbranched alkanes of at least 4 members (excludes halogenated alkanes) is 1. The predicted octanol–water partition coefficient (Wildman–Crippen LogP) is 8.19. The number of benzene rings is 2. The number of rotatable bonds is 10. The third kappa shape index (κ3) is 6.21. The second-order valence-corrected chi connectivity index (χ2v) is 13.8. The maximum absolute atomic E-state index is 14.1. The highest BCUT2D eigenvalue weighted by atomic mass is 16.5. The van der Waals surface area contributed by atoms with E-state index in [4.69, 9.17) is 9.47 Å². The highest BCUT2D eigenvalue weighted by Crippen LogP contribution is 2.55. The van der Waals surface area contributed by atoms with Crippen molar-refractivity contribution in [3.05, 3.63) is 82.2 Å². The van der Waals surface area contributed by atoms with Crippen molar-refractivity contribution in [2.45, 2.75) is 92.4 Å². The van der Waals surface area contributed by atoms with Gasteiger partial charge in [-0.3, -0.25) is 9.59 Å². The van der Waals surface area contributed by atoms with E-state index in [2.05, 4.69) is 63.8 Å². The van der Waals surface area contributed by atoms with Crippen molar-refractivity contribution in [2.75, 3.05) is 19.8 Å². The molecular formula is C37H47NO4. The van der Waals surface area contributed by atoms with Gasteiger partial charge in [0.15, 0.2) is 23.1 Å². The maximum atomic E-state index is 14.1. The van der Waals surface area contributed by atoms with Gasteiger partial charge in [-0.25, -0.2) is 0 Å². The Morgan fingerprint density at radius 1 is 0.786 bits per heavy atom. The molecule has 2 aromatic rings. The summed E-state index contributed by atoms with van der Waals surface area (Å²) in [5.41, 5.74) is 5.70. The lowest BCUT2D eigenvalue weighted by molar-refractivity contribution is -0.119. The number of carbonyl (C=O) groups is 2. The van der Waals surface area contributed by atoms with Crippen molar-refractivity contribution >= 4 is 11.6 Å². The van der Waals surface area contributed by atoms with Crippen LogP contribution < -0.4 is 9.47 Å². The summed E-state index contributed by atoms with van der Waals surface area (Å²) in [6.45, 7) is 14.7. The highest BCUT2D eigenvalue weighted by molar-refractivity contribution is 6.06. The van der Waals surface area contributed by atoms with Gasteiger partial charge in [-0.1, -0.05) is 77.4 Å². The fourth-order valence-corrected chi connectivity index (χ4v) is 6.95. The van der Waals surface area contributed by atoms with E-state index in [1.165, 1.54) is 5.56 Å². The standard InChI is InChI=1S/C37H47NO4/c1-7-9-19-42-31-16-15-26(20-32(31)41-8-2)33-34-27(21-36(3,4)23-29(34)39)38(18-17-25-13-11-10-12-14-25)28-22-37(5,6)24-30(40)35(28)33/h10-16,20,33H,7-9,17-19,21-24H2,1-6H3.